The molecule has 7 aromatic rings. The van der Waals surface area contributed by atoms with Crippen LogP contribution in [0.25, 0.3) is 0 Å². The third-order valence-electron chi connectivity index (χ3n) is 24.8. The van der Waals surface area contributed by atoms with Crippen molar-refractivity contribution in [2.24, 2.45) is 0 Å². The van der Waals surface area contributed by atoms with Gasteiger partial charge in [-0.15, -0.1) is 0 Å². The molecular formula is C101H189F4N7Si14. The lowest BCUT2D eigenvalue weighted by molar-refractivity contribution is -0.137. The van der Waals surface area contributed by atoms with Crippen molar-refractivity contribution in [2.75, 3.05) is 0 Å². The number of hydrogen-bond acceptors (Lipinski definition) is 7. The predicted octanol–water partition coefficient (Wildman–Crippen LogP) is 33.2. The summed E-state index contributed by atoms with van der Waals surface area (Å²) in [5.41, 5.74) is 22.0. The first kappa shape index (κ1) is 119. The fourth-order valence-electron chi connectivity index (χ4n) is 22.4. The van der Waals surface area contributed by atoms with E-state index in [9.17, 15) is 17.6 Å². The Hall–Kier alpha value is -3.19. The van der Waals surface area contributed by atoms with Gasteiger partial charge >= 0.3 is 6.18 Å². The van der Waals surface area contributed by atoms with Gasteiger partial charge in [0.25, 0.3) is 0 Å². The Morgan fingerprint density at radius 1 is 0.302 bits per heavy atom. The van der Waals surface area contributed by atoms with Crippen LogP contribution in [0, 0.1) is 47.4 Å². The maximum atomic E-state index is 12.9. The first-order chi connectivity index (χ1) is 56.0. The van der Waals surface area contributed by atoms with Crippen LogP contribution in [0.1, 0.15) is 178 Å². The maximum absolute atomic E-state index is 12.9. The summed E-state index contributed by atoms with van der Waals surface area (Å²) in [6, 6.07) is 24.3. The molecule has 8 rings (SSSR count). The summed E-state index contributed by atoms with van der Waals surface area (Å²) in [5, 5.41) is 4.68. The number of nitrogens with zero attached hydrogens (tertiary/aromatic N) is 7. The molecule has 7 heterocycles. The summed E-state index contributed by atoms with van der Waals surface area (Å²) in [4.78, 5) is 33.0. The molecule has 0 radical (unpaired) electrons. The average Bonchev–Trinajstić information content (AvgIpc) is 0.769. The number of aryl methyl sites for hydroxylation is 6. The molecule has 0 unspecified atom stereocenters. The van der Waals surface area contributed by atoms with Crippen molar-refractivity contribution in [2.45, 2.75) is 424 Å². The number of hydrogen-bond donors (Lipinski definition) is 0. The summed E-state index contributed by atoms with van der Waals surface area (Å²) in [7, 11) is -17.8. The van der Waals surface area contributed by atoms with Crippen LogP contribution in [-0.4, -0.2) is 148 Å². The monoisotopic (exact) mass is 1970 g/mol. The van der Waals surface area contributed by atoms with Gasteiger partial charge in [-0.25, -0.2) is 4.39 Å². The highest BCUT2D eigenvalue weighted by Gasteiger charge is 2.47. The molecule has 7 aromatic heterocycles. The molecule has 0 fully saturated rings. The molecule has 7 nitrogen and oxygen atoms in total. The summed E-state index contributed by atoms with van der Waals surface area (Å²) in [6.07, 6.45) is 8.57. The van der Waals surface area contributed by atoms with Gasteiger partial charge in [0.2, 0.25) is 0 Å². The Morgan fingerprint density at radius 2 is 0.611 bits per heavy atom. The quantitative estimate of drug-likeness (QED) is 0.0493. The highest BCUT2D eigenvalue weighted by molar-refractivity contribution is 7.00. The van der Waals surface area contributed by atoms with Gasteiger partial charge in [-0.3, -0.25) is 34.9 Å². The number of rotatable bonds is 22. The van der Waals surface area contributed by atoms with Gasteiger partial charge in [-0.05, 0) is 209 Å². The third kappa shape index (κ3) is 37.2. The minimum absolute atomic E-state index is 0.194. The van der Waals surface area contributed by atoms with E-state index in [4.69, 9.17) is 24.9 Å². The van der Waals surface area contributed by atoms with E-state index < -0.39 is 125 Å². The van der Waals surface area contributed by atoms with Crippen LogP contribution < -0.4 is 0 Å². The fraction of sp³-hybridized carbons (Fsp3) is 0.653. The molecule has 1 aliphatic carbocycles. The average molecular weight is 1970 g/mol. The zero-order chi connectivity index (χ0) is 98.8. The molecule has 0 spiro atoms. The second kappa shape index (κ2) is 45.0. The molecule has 0 amide bonds. The van der Waals surface area contributed by atoms with E-state index in [1.807, 2.05) is 6.07 Å². The first-order valence-corrected chi connectivity index (χ1v) is 97.6. The van der Waals surface area contributed by atoms with E-state index in [0.717, 1.165) is 55.9 Å². The van der Waals surface area contributed by atoms with E-state index in [-0.39, 0.29) is 11.2 Å². The van der Waals surface area contributed by atoms with Crippen molar-refractivity contribution in [3.8, 4) is 0 Å². The largest absolute Gasteiger partial charge is 0.417 e. The van der Waals surface area contributed by atoms with Gasteiger partial charge in [0, 0.05) is 75.5 Å². The van der Waals surface area contributed by atoms with Crippen molar-refractivity contribution in [3.63, 3.8) is 0 Å². The van der Waals surface area contributed by atoms with E-state index in [1.54, 1.807) is 11.6 Å². The lowest BCUT2D eigenvalue weighted by atomic mass is 9.88. The number of pyridine rings is 7. The van der Waals surface area contributed by atoms with E-state index in [1.165, 1.54) is 117 Å². The van der Waals surface area contributed by atoms with Crippen molar-refractivity contribution in [1.82, 2.24) is 34.9 Å². The zero-order valence-electron chi connectivity index (χ0n) is 91.0. The molecule has 0 saturated carbocycles. The summed E-state index contributed by atoms with van der Waals surface area (Å²) < 4.78 is 50.6. The molecule has 25 heteroatoms. The molecule has 0 atom stereocenters. The van der Waals surface area contributed by atoms with Gasteiger partial charge in [0.1, 0.15) is 5.82 Å². The number of fused-ring (bicyclic) bond motifs is 1. The minimum atomic E-state index is -4.31. The summed E-state index contributed by atoms with van der Waals surface area (Å²) >= 11 is 0. The summed E-state index contributed by atoms with van der Waals surface area (Å²) in [6.45, 7) is 125. The first-order valence-electron chi connectivity index (χ1n) is 47.5. The second-order valence-electron chi connectivity index (χ2n) is 53.3. The lowest BCUT2D eigenvalue weighted by Crippen LogP contribution is -2.47. The second-order valence-corrected chi connectivity index (χ2v) is 132. The lowest BCUT2D eigenvalue weighted by Gasteiger charge is -2.39. The van der Waals surface area contributed by atoms with Crippen LogP contribution in [0.5, 0.6) is 0 Å². The Bertz CT molecular complexity index is 4350. The Morgan fingerprint density at radius 3 is 0.921 bits per heavy atom. The molecule has 126 heavy (non-hydrogen) atoms. The normalized spacial score (nSPS) is 14.0. The van der Waals surface area contributed by atoms with E-state index >= 15 is 0 Å². The fourth-order valence-corrected chi connectivity index (χ4v) is 110. The third-order valence-corrected chi connectivity index (χ3v) is 89.6. The van der Waals surface area contributed by atoms with Gasteiger partial charge in [0.05, 0.1) is 125 Å². The van der Waals surface area contributed by atoms with Gasteiger partial charge in [-0.1, -0.05) is 321 Å². The highest BCUT2D eigenvalue weighted by atomic mass is 28.4. The summed E-state index contributed by atoms with van der Waals surface area (Å²) in [5.74, 6) is -0.242. The van der Waals surface area contributed by atoms with Gasteiger partial charge < -0.3 is 0 Å². The molecule has 712 valence electrons. The molecule has 1 aliphatic rings. The molecule has 0 N–H and O–H groups in total. The SMILES string of the molecule is CC(C)(C)c1ccc(C([Si](C)(C)C)[Si](C)(C)C)nc1.CCc1cccc(C([Si](C)(C)C)[Si](C)(C)C)n1.C[Si](C)(C)C(c1cc2c(cn1)CCCC2)[Si](C)(C)C.C[Si](C)(C)C(c1ccc(C(F)(F)F)cn1)[Si](C)(C)C.C[Si](C)(C)C(c1ccc(F)cn1)[Si](C)(C)C.Cc1ccc(C([Si](C)(C)C)[Si](C)(C)C)nc1C.Cc1nc(C([Si](C)(C)C)[Si](C)(C)C)c(C)c(C)c1C. The van der Waals surface area contributed by atoms with Gasteiger partial charge in [-0.2, -0.15) is 13.2 Å². The molecule has 0 aromatic carbocycles. The Labute approximate surface area is 787 Å². The van der Waals surface area contributed by atoms with Crippen LogP contribution >= 0.6 is 0 Å². The maximum Gasteiger partial charge on any atom is 0.417 e. The topological polar surface area (TPSA) is 90.2 Å². The Kier molecular flexibility index (Phi) is 42.4. The zero-order valence-corrected chi connectivity index (χ0v) is 105. The standard InChI is InChI=1S/C16H29NSi2.2C16H31NSi2.2C14H27NSi2.C13H22F3NSi2.C12H22FNSi2/c1-18(2,3)16(19(4,5)6)15-11-13-9-7-8-10-14(13)12-17-15;1-16(2,3)13-10-11-14(17-12-13)15(18(4,5)6)19(7,8)9;1-11-12(2)14(4)17-15(13(11)3)16(18(5,6)7)19(8,9)10;1-11-9-10-13(15-12(11)2)14(16(3,4)5)17(6,7)8;1-8-12-10-9-11-13(15-12)14(16(2,3)4)17(5,6)7;1-18(2,3)12(19(4,5)6)11-8-7-10(9-17-11)13(14,15)16;1-15(2,3)12(16(4,5)6)11-8-7-10(13)9-14-11/h11-12,16H,7-10H2,1-6H3;10-12,15H,1-9H3;16H,1-10H3;9-10,14H,1-8H3;9-11,14H,8H2,1-7H3;7-9,12H,1-6H3;7-9,12H,1-6H3. The minimum Gasteiger partial charge on any atom is -0.261 e. The molecular weight excluding hydrogens is 1780 g/mol. The smallest absolute Gasteiger partial charge is 0.261 e. The van der Waals surface area contributed by atoms with Crippen molar-refractivity contribution in [3.05, 3.63) is 205 Å². The number of aromatic nitrogens is 7. The predicted molar refractivity (Wildman–Crippen MR) is 594 cm³/mol. The van der Waals surface area contributed by atoms with Crippen LogP contribution in [0.4, 0.5) is 17.6 Å². The van der Waals surface area contributed by atoms with Crippen LogP contribution in [0.2, 0.25) is 275 Å². The number of halogens is 4. The van der Waals surface area contributed by atoms with Crippen molar-refractivity contribution < 1.29 is 17.6 Å². The molecule has 0 bridgehead atoms. The number of alkyl halides is 3. The molecule has 0 saturated heterocycles. The Balaban J connectivity index is 0.000000498. The molecule has 0 aliphatic heterocycles. The van der Waals surface area contributed by atoms with Crippen LogP contribution in [-0.2, 0) is 30.9 Å². The highest BCUT2D eigenvalue weighted by Crippen LogP contribution is 2.44. The van der Waals surface area contributed by atoms with E-state index in [0.29, 0.717) is 10.3 Å². The van der Waals surface area contributed by atoms with E-state index in [2.05, 4.69) is 415 Å². The van der Waals surface area contributed by atoms with Gasteiger partial charge in [0.15, 0.2) is 0 Å². The van der Waals surface area contributed by atoms with Crippen molar-refractivity contribution in [1.29, 1.82) is 0 Å². The van der Waals surface area contributed by atoms with Crippen LogP contribution in [0.3, 0.4) is 0 Å². The van der Waals surface area contributed by atoms with Crippen molar-refractivity contribution >= 4 is 113 Å². The van der Waals surface area contributed by atoms with Crippen LogP contribution in [0.15, 0.2) is 97.6 Å².